The zero-order valence-electron chi connectivity index (χ0n) is 15.5. The Labute approximate surface area is 162 Å². The second kappa shape index (κ2) is 9.40. The van der Waals surface area contributed by atoms with Crippen LogP contribution in [0.3, 0.4) is 0 Å². The summed E-state index contributed by atoms with van der Waals surface area (Å²) < 4.78 is 15.7. The highest BCUT2D eigenvalue weighted by atomic mass is 32.2. The number of hydrogen-bond acceptors (Lipinski definition) is 7. The van der Waals surface area contributed by atoms with Gasteiger partial charge in [0.05, 0.1) is 20.3 Å². The summed E-state index contributed by atoms with van der Waals surface area (Å²) in [5, 5.41) is 15.3. The number of rotatable bonds is 8. The van der Waals surface area contributed by atoms with Gasteiger partial charge in [-0.2, -0.15) is 11.8 Å². The van der Waals surface area contributed by atoms with E-state index in [-0.39, 0.29) is 29.6 Å². The molecule has 2 atom stereocenters. The second-order valence-corrected chi connectivity index (χ2v) is 7.11. The predicted octanol–water partition coefficient (Wildman–Crippen LogP) is 2.19. The lowest BCUT2D eigenvalue weighted by atomic mass is 9.88. The van der Waals surface area contributed by atoms with E-state index < -0.39 is 24.0 Å². The molecule has 0 bridgehead atoms. The lowest BCUT2D eigenvalue weighted by Gasteiger charge is -2.33. The van der Waals surface area contributed by atoms with E-state index in [9.17, 15) is 14.7 Å². The van der Waals surface area contributed by atoms with Crippen molar-refractivity contribution in [2.24, 2.45) is 5.92 Å². The minimum atomic E-state index is -0.840. The number of esters is 1. The van der Waals surface area contributed by atoms with Gasteiger partial charge < -0.3 is 30.0 Å². The molecule has 8 nitrogen and oxygen atoms in total. The molecule has 0 aliphatic carbocycles. The quantitative estimate of drug-likeness (QED) is 0.457. The summed E-state index contributed by atoms with van der Waals surface area (Å²) in [4.78, 5) is 24.6. The van der Waals surface area contributed by atoms with Crippen LogP contribution in [0.25, 0.3) is 0 Å². The lowest BCUT2D eigenvalue weighted by molar-refractivity contribution is -0.147. The molecule has 1 aromatic carbocycles. The number of nitrogens with one attached hydrogen (secondary N) is 2. The smallest absolute Gasteiger partial charge is 0.319 e. The summed E-state index contributed by atoms with van der Waals surface area (Å²) in [6.45, 7) is 6.09. The van der Waals surface area contributed by atoms with E-state index in [1.165, 1.54) is 26.4 Å². The molecular formula is C18H24N2O6S. The maximum absolute atomic E-state index is 12.6. The summed E-state index contributed by atoms with van der Waals surface area (Å²) >= 11 is 1.66. The molecule has 1 fully saturated rings. The van der Waals surface area contributed by atoms with E-state index in [0.717, 1.165) is 5.75 Å². The van der Waals surface area contributed by atoms with Crippen molar-refractivity contribution in [1.29, 1.82) is 0 Å². The number of carbonyl (C=O) groups excluding carboxylic acids is 2. The first kappa shape index (κ1) is 20.8. The Balaban J connectivity index is 2.33. The van der Waals surface area contributed by atoms with E-state index >= 15 is 0 Å². The number of thioether (sulfide) groups is 1. The Kier molecular flexibility index (Phi) is 7.23. The van der Waals surface area contributed by atoms with Crippen LogP contribution in [0.5, 0.6) is 17.2 Å². The van der Waals surface area contributed by atoms with Crippen molar-refractivity contribution in [1.82, 2.24) is 10.6 Å². The van der Waals surface area contributed by atoms with Gasteiger partial charge in [0.25, 0.3) is 0 Å². The zero-order chi connectivity index (χ0) is 20.0. The van der Waals surface area contributed by atoms with Crippen molar-refractivity contribution in [3.8, 4) is 17.2 Å². The van der Waals surface area contributed by atoms with Crippen molar-refractivity contribution >= 4 is 23.8 Å². The van der Waals surface area contributed by atoms with Crippen molar-refractivity contribution in [2.45, 2.75) is 13.0 Å². The molecule has 9 heteroatoms. The Hall–Kier alpha value is -2.55. The Bertz CT molecular complexity index is 699. The molecule has 2 rings (SSSR count). The fourth-order valence-corrected chi connectivity index (χ4v) is 3.26. The van der Waals surface area contributed by atoms with Crippen LogP contribution in [-0.2, 0) is 9.53 Å². The highest BCUT2D eigenvalue weighted by molar-refractivity contribution is 7.99. The highest BCUT2D eigenvalue weighted by Crippen LogP contribution is 2.41. The average molecular weight is 396 g/mol. The van der Waals surface area contributed by atoms with Gasteiger partial charge in [0, 0.05) is 11.4 Å². The fourth-order valence-electron chi connectivity index (χ4n) is 2.77. The molecule has 1 aliphatic heterocycles. The number of aromatic hydroxyl groups is 1. The molecule has 1 aliphatic rings. The number of carbonyl (C=O) groups is 2. The minimum Gasteiger partial charge on any atom is -0.502 e. The van der Waals surface area contributed by atoms with Crippen molar-refractivity contribution in [3.05, 3.63) is 30.0 Å². The molecule has 2 amide bonds. The predicted molar refractivity (Wildman–Crippen MR) is 102 cm³/mol. The van der Waals surface area contributed by atoms with Crippen LogP contribution in [0.2, 0.25) is 0 Å². The second-order valence-electron chi connectivity index (χ2n) is 5.72. The maximum Gasteiger partial charge on any atom is 0.319 e. The third kappa shape index (κ3) is 4.79. The normalized spacial score (nSPS) is 19.1. The molecule has 1 saturated heterocycles. The van der Waals surface area contributed by atoms with Crippen LogP contribution in [0.1, 0.15) is 18.5 Å². The Morgan fingerprint density at radius 3 is 2.48 bits per heavy atom. The van der Waals surface area contributed by atoms with Crippen LogP contribution in [0, 0.1) is 5.92 Å². The first-order valence-corrected chi connectivity index (χ1v) is 9.53. The summed E-state index contributed by atoms with van der Waals surface area (Å²) in [6.07, 6.45) is 0. The first-order chi connectivity index (χ1) is 12.9. The molecule has 1 heterocycles. The number of methoxy groups -OCH3 is 2. The minimum absolute atomic E-state index is 0.161. The number of ether oxygens (including phenoxy) is 3. The third-order valence-electron chi connectivity index (χ3n) is 4.06. The average Bonchev–Trinajstić information content (AvgIpc) is 2.64. The molecule has 0 unspecified atom stereocenters. The zero-order valence-corrected chi connectivity index (χ0v) is 16.4. The number of phenols is 1. The van der Waals surface area contributed by atoms with Crippen LogP contribution < -0.4 is 20.1 Å². The van der Waals surface area contributed by atoms with Gasteiger partial charge >= 0.3 is 12.0 Å². The SMILES string of the molecule is C=C1NC(=O)N[C@@H](c2cc(OC)c(O)c(OC)c2)[C@H]1C(=O)OCCSCC. The standard InChI is InChI=1S/C18H24N2O6S/c1-5-27-7-6-26-17(22)14-10(2)19-18(23)20-15(14)11-8-12(24-3)16(21)13(9-11)25-4/h8-9,14-15,21H,2,5-7H2,1,3-4H3,(H2,19,20,23)/t14-,15-/m0/s1. The molecule has 148 valence electrons. The van der Waals surface area contributed by atoms with E-state index in [1.54, 1.807) is 11.8 Å². The monoisotopic (exact) mass is 396 g/mol. The molecule has 0 spiro atoms. The maximum atomic E-state index is 12.6. The molecule has 3 N–H and O–H groups in total. The highest BCUT2D eigenvalue weighted by Gasteiger charge is 2.39. The lowest BCUT2D eigenvalue weighted by Crippen LogP contribution is -2.51. The molecule has 0 aromatic heterocycles. The summed E-state index contributed by atoms with van der Waals surface area (Å²) in [6, 6.07) is 1.84. The molecule has 27 heavy (non-hydrogen) atoms. The fraction of sp³-hybridized carbons (Fsp3) is 0.444. The van der Waals surface area contributed by atoms with Gasteiger partial charge in [-0.1, -0.05) is 13.5 Å². The van der Waals surface area contributed by atoms with Gasteiger partial charge in [-0.05, 0) is 23.4 Å². The van der Waals surface area contributed by atoms with Gasteiger partial charge in [0.2, 0.25) is 5.75 Å². The van der Waals surface area contributed by atoms with Crippen LogP contribution in [0.4, 0.5) is 4.79 Å². The van der Waals surface area contributed by atoms with Gasteiger partial charge in [0.1, 0.15) is 12.5 Å². The molecular weight excluding hydrogens is 372 g/mol. The van der Waals surface area contributed by atoms with E-state index in [4.69, 9.17) is 14.2 Å². The van der Waals surface area contributed by atoms with Gasteiger partial charge in [-0.3, -0.25) is 4.79 Å². The van der Waals surface area contributed by atoms with Gasteiger partial charge in [0.15, 0.2) is 11.5 Å². The Morgan fingerprint density at radius 1 is 1.30 bits per heavy atom. The van der Waals surface area contributed by atoms with E-state index in [2.05, 4.69) is 17.2 Å². The number of urea groups is 1. The van der Waals surface area contributed by atoms with E-state index in [0.29, 0.717) is 11.3 Å². The molecule has 0 saturated carbocycles. The van der Waals surface area contributed by atoms with Gasteiger partial charge in [-0.15, -0.1) is 0 Å². The number of benzene rings is 1. The van der Waals surface area contributed by atoms with Crippen LogP contribution in [-0.4, -0.2) is 49.4 Å². The van der Waals surface area contributed by atoms with Crippen molar-refractivity contribution in [3.63, 3.8) is 0 Å². The number of hydrogen-bond donors (Lipinski definition) is 3. The van der Waals surface area contributed by atoms with Gasteiger partial charge in [-0.25, -0.2) is 4.79 Å². The molecule has 0 radical (unpaired) electrons. The summed E-state index contributed by atoms with van der Waals surface area (Å²) in [5.41, 5.74) is 0.755. The topological polar surface area (TPSA) is 106 Å². The summed E-state index contributed by atoms with van der Waals surface area (Å²) in [7, 11) is 2.80. The van der Waals surface area contributed by atoms with E-state index in [1.807, 2.05) is 6.92 Å². The summed E-state index contributed by atoms with van der Waals surface area (Å²) in [5.74, 6) is 0.434. The molecule has 1 aromatic rings. The Morgan fingerprint density at radius 2 is 1.93 bits per heavy atom. The number of phenolic OH excluding ortho intramolecular Hbond substituents is 1. The van der Waals surface area contributed by atoms with Crippen LogP contribution in [0.15, 0.2) is 24.4 Å². The van der Waals surface area contributed by atoms with Crippen molar-refractivity contribution < 1.29 is 28.9 Å². The third-order valence-corrected chi connectivity index (χ3v) is 4.92. The van der Waals surface area contributed by atoms with Crippen molar-refractivity contribution in [2.75, 3.05) is 32.3 Å². The van der Waals surface area contributed by atoms with Crippen LogP contribution >= 0.6 is 11.8 Å². The largest absolute Gasteiger partial charge is 0.502 e. The first-order valence-electron chi connectivity index (χ1n) is 8.38. The number of amides is 2.